The van der Waals surface area contributed by atoms with Gasteiger partial charge in [-0.15, -0.1) is 4.41 Å². The van der Waals surface area contributed by atoms with Gasteiger partial charge in [0.15, 0.2) is 0 Å². The molecule has 9 nitrogen and oxygen atoms in total. The number of hydrogen-bond acceptors (Lipinski definition) is 6. The highest BCUT2D eigenvalue weighted by Gasteiger charge is 2.44. The number of amides is 3. The Labute approximate surface area is 284 Å². The maximum Gasteiger partial charge on any atom is 0.282 e. The third-order valence-corrected chi connectivity index (χ3v) is 10.2. The Balaban J connectivity index is 2.56. The molecule has 0 saturated heterocycles. The quantitative estimate of drug-likeness (QED) is 0.205. The van der Waals surface area contributed by atoms with Crippen molar-refractivity contribution in [3.8, 4) is 0 Å². The molecule has 2 unspecified atom stereocenters. The molecule has 254 valence electrons. The molecule has 0 spiro atoms. The molecule has 0 aliphatic heterocycles. The minimum atomic E-state index is -4.50. The number of hydrogen-bond donors (Lipinski definition) is 2. The average molecular weight is 696 g/mol. The van der Waals surface area contributed by atoms with E-state index < -0.39 is 56.4 Å². The van der Waals surface area contributed by atoms with Crippen molar-refractivity contribution in [1.82, 2.24) is 20.1 Å². The van der Waals surface area contributed by atoms with Gasteiger partial charge in [-0.25, -0.2) is 13.4 Å². The first-order valence-corrected chi connectivity index (χ1v) is 17.5. The van der Waals surface area contributed by atoms with Gasteiger partial charge >= 0.3 is 0 Å². The van der Waals surface area contributed by atoms with Gasteiger partial charge in [-0.05, 0) is 55.0 Å². The van der Waals surface area contributed by atoms with Crippen molar-refractivity contribution in [2.45, 2.75) is 85.1 Å². The van der Waals surface area contributed by atoms with Crippen molar-refractivity contribution in [3.05, 3.63) is 81.4 Å². The van der Waals surface area contributed by atoms with E-state index in [0.717, 1.165) is 10.6 Å². The van der Waals surface area contributed by atoms with Crippen LogP contribution in [-0.4, -0.2) is 61.7 Å². The Morgan fingerprint density at radius 3 is 2.02 bits per heavy atom. The summed E-state index contributed by atoms with van der Waals surface area (Å²) in [4.78, 5) is 42.0. The van der Waals surface area contributed by atoms with E-state index in [4.69, 9.17) is 23.2 Å². The minimum absolute atomic E-state index is 0.151. The third kappa shape index (κ3) is 9.80. The Kier molecular flexibility index (Phi) is 13.5. The first kappa shape index (κ1) is 39.3. The second-order valence-corrected chi connectivity index (χ2v) is 16.2. The molecule has 0 bridgehead atoms. The zero-order chi connectivity index (χ0) is 35.2. The number of carbonyl (C=O) groups is 3. The zero-order valence-corrected chi connectivity index (χ0v) is 30.8. The summed E-state index contributed by atoms with van der Waals surface area (Å²) in [5, 5.41) is 7.13. The van der Waals surface area contributed by atoms with E-state index in [2.05, 4.69) is 10.6 Å². The number of nitrogens with zero attached hydrogens (tertiary/aromatic N) is 2. The van der Waals surface area contributed by atoms with Crippen molar-refractivity contribution in [3.63, 3.8) is 0 Å². The maximum atomic E-state index is 14.3. The molecule has 3 amide bonds. The smallest absolute Gasteiger partial charge is 0.282 e. The van der Waals surface area contributed by atoms with Crippen molar-refractivity contribution < 1.29 is 22.8 Å². The van der Waals surface area contributed by atoms with Crippen molar-refractivity contribution in [2.75, 3.05) is 14.1 Å². The SMILES string of the molecule is CNC(C(=O)NC(C(=O)N(C)N(C(=O)/C(C)=C/CC(C)C)S(=O)(=O)Cc1ccc(Cl)c(Cl)c1)C(C)(C)C)C(C)(C)c1ccccc1. The van der Waals surface area contributed by atoms with Crippen molar-refractivity contribution >= 4 is 50.9 Å². The molecule has 0 saturated carbocycles. The van der Waals surface area contributed by atoms with Crippen LogP contribution in [0, 0.1) is 11.3 Å². The minimum Gasteiger partial charge on any atom is -0.342 e. The van der Waals surface area contributed by atoms with E-state index in [0.29, 0.717) is 10.8 Å². The molecule has 0 aliphatic rings. The van der Waals surface area contributed by atoms with Crippen LogP contribution >= 0.6 is 23.2 Å². The summed E-state index contributed by atoms with van der Waals surface area (Å²) >= 11 is 12.2. The molecule has 0 fully saturated rings. The zero-order valence-electron chi connectivity index (χ0n) is 28.4. The molecule has 2 rings (SSSR count). The van der Waals surface area contributed by atoms with Gasteiger partial charge in [-0.1, -0.05) is 114 Å². The van der Waals surface area contributed by atoms with E-state index in [1.807, 2.05) is 58.0 Å². The molecule has 2 atom stereocenters. The Morgan fingerprint density at radius 1 is 0.935 bits per heavy atom. The molecule has 46 heavy (non-hydrogen) atoms. The predicted octanol–water partition coefficient (Wildman–Crippen LogP) is 6.11. The van der Waals surface area contributed by atoms with Gasteiger partial charge in [-0.3, -0.25) is 14.4 Å². The molecule has 0 aliphatic carbocycles. The first-order valence-electron chi connectivity index (χ1n) is 15.1. The summed E-state index contributed by atoms with van der Waals surface area (Å²) in [6.07, 6.45) is 2.18. The van der Waals surface area contributed by atoms with Gasteiger partial charge in [0.1, 0.15) is 6.04 Å². The molecular weight excluding hydrogens is 647 g/mol. The topological polar surface area (TPSA) is 116 Å². The molecule has 12 heteroatoms. The van der Waals surface area contributed by atoms with E-state index in [1.54, 1.807) is 33.9 Å². The molecule has 2 aromatic carbocycles. The predicted molar refractivity (Wildman–Crippen MR) is 186 cm³/mol. The summed E-state index contributed by atoms with van der Waals surface area (Å²) in [5.74, 6) is -2.54. The Bertz CT molecular complexity index is 1540. The van der Waals surface area contributed by atoms with Gasteiger partial charge in [-0.2, -0.15) is 0 Å². The van der Waals surface area contributed by atoms with Crippen LogP contribution < -0.4 is 10.6 Å². The summed E-state index contributed by atoms with van der Waals surface area (Å²) in [6, 6.07) is 11.9. The summed E-state index contributed by atoms with van der Waals surface area (Å²) < 4.78 is 28.4. The number of hydrazine groups is 1. The fraction of sp³-hybridized carbons (Fsp3) is 0.500. The van der Waals surface area contributed by atoms with Gasteiger partial charge < -0.3 is 10.6 Å². The highest BCUT2D eigenvalue weighted by Crippen LogP contribution is 2.30. The fourth-order valence-electron chi connectivity index (χ4n) is 5.01. The number of sulfonamides is 1. The molecule has 0 heterocycles. The van der Waals surface area contributed by atoms with Crippen LogP contribution in [0.5, 0.6) is 0 Å². The molecular formula is C34H48Cl2N4O5S. The number of carbonyl (C=O) groups excluding carboxylic acids is 3. The lowest BCUT2D eigenvalue weighted by Gasteiger charge is -2.39. The monoisotopic (exact) mass is 694 g/mol. The van der Waals surface area contributed by atoms with Crippen LogP contribution in [0.2, 0.25) is 10.0 Å². The lowest BCUT2D eigenvalue weighted by Crippen LogP contribution is -2.63. The van der Waals surface area contributed by atoms with Crippen LogP contribution in [0.15, 0.2) is 60.2 Å². The molecule has 0 aromatic heterocycles. The maximum absolute atomic E-state index is 14.3. The fourth-order valence-corrected chi connectivity index (χ4v) is 6.90. The van der Waals surface area contributed by atoms with E-state index >= 15 is 0 Å². The summed E-state index contributed by atoms with van der Waals surface area (Å²) in [6.45, 7) is 14.6. The van der Waals surface area contributed by atoms with Crippen molar-refractivity contribution in [1.29, 1.82) is 0 Å². The normalized spacial score (nSPS) is 14.1. The third-order valence-electron chi connectivity index (χ3n) is 7.78. The van der Waals surface area contributed by atoms with E-state index in [9.17, 15) is 22.8 Å². The van der Waals surface area contributed by atoms with Crippen LogP contribution in [0.3, 0.4) is 0 Å². The van der Waals surface area contributed by atoms with Gasteiger partial charge in [0.25, 0.3) is 21.8 Å². The summed E-state index contributed by atoms with van der Waals surface area (Å²) in [7, 11) is -1.62. The standard InChI is InChI=1S/C34H48Cl2N4O5S/c1-22(2)16-17-23(3)31(42)40(46(44,45)21-24-18-19-26(35)27(36)20-24)39(10)32(43)29(33(4,5)6)38-30(41)28(37-9)34(7,8)25-14-12-11-13-15-25/h11-15,17-20,22,28-29,37H,16,21H2,1-10H3,(H,38,41)/b23-17+. The van der Waals surface area contributed by atoms with Gasteiger partial charge in [0, 0.05) is 18.0 Å². The number of likely N-dealkylation sites (N-methyl/N-ethyl adjacent to an activating group) is 2. The summed E-state index contributed by atoms with van der Waals surface area (Å²) in [5.41, 5.74) is -0.212. The molecule has 2 N–H and O–H groups in total. The van der Waals surface area contributed by atoms with Gasteiger partial charge in [0.05, 0.1) is 21.8 Å². The molecule has 0 radical (unpaired) electrons. The lowest BCUT2D eigenvalue weighted by molar-refractivity contribution is -0.153. The number of nitrogens with one attached hydrogen (secondary N) is 2. The second-order valence-electron chi connectivity index (χ2n) is 13.5. The van der Waals surface area contributed by atoms with Crippen molar-refractivity contribution in [2.24, 2.45) is 11.3 Å². The second kappa shape index (κ2) is 15.8. The van der Waals surface area contributed by atoms with Crippen LogP contribution in [0.1, 0.15) is 72.9 Å². The lowest BCUT2D eigenvalue weighted by atomic mass is 9.76. The van der Waals surface area contributed by atoms with Gasteiger partial charge in [0.2, 0.25) is 5.91 Å². The van der Waals surface area contributed by atoms with E-state index in [1.165, 1.54) is 32.2 Å². The van der Waals surface area contributed by atoms with Crippen LogP contribution in [0.25, 0.3) is 0 Å². The Morgan fingerprint density at radius 2 is 1.52 bits per heavy atom. The average Bonchev–Trinajstić information content (AvgIpc) is 2.95. The number of rotatable bonds is 12. The molecule has 2 aromatic rings. The highest BCUT2D eigenvalue weighted by molar-refractivity contribution is 7.88. The van der Waals surface area contributed by atoms with Crippen LogP contribution in [0.4, 0.5) is 0 Å². The van der Waals surface area contributed by atoms with Crippen LogP contribution in [-0.2, 0) is 35.6 Å². The Hall–Kier alpha value is -2.92. The highest BCUT2D eigenvalue weighted by atomic mass is 35.5. The van der Waals surface area contributed by atoms with E-state index in [-0.39, 0.29) is 27.1 Å². The largest absolute Gasteiger partial charge is 0.342 e. The first-order chi connectivity index (χ1) is 21.1. The number of benzene rings is 2. The number of allylic oxidation sites excluding steroid dienone is 1. The number of halogens is 2.